The van der Waals surface area contributed by atoms with Crippen LogP contribution in [0.15, 0.2) is 32.7 Å². The molecule has 0 saturated carbocycles. The van der Waals surface area contributed by atoms with Gasteiger partial charge in [0.25, 0.3) is 0 Å². The zero-order valence-corrected chi connectivity index (χ0v) is 11.0. The molecule has 1 N–H and O–H groups in total. The molecule has 0 aliphatic heterocycles. The van der Waals surface area contributed by atoms with Gasteiger partial charge in [0.2, 0.25) is 0 Å². The minimum atomic E-state index is 0.141. The molecule has 1 atom stereocenters. The molecule has 80 valence electrons. The molecule has 2 aromatic heterocycles. The molecule has 2 aromatic rings. The van der Waals surface area contributed by atoms with Crippen molar-refractivity contribution in [1.82, 2.24) is 5.32 Å². The Labute approximate surface area is 101 Å². The van der Waals surface area contributed by atoms with Crippen molar-refractivity contribution in [3.05, 3.63) is 44.4 Å². The van der Waals surface area contributed by atoms with Gasteiger partial charge in [0.05, 0.1) is 16.1 Å². The van der Waals surface area contributed by atoms with E-state index < -0.39 is 0 Å². The van der Waals surface area contributed by atoms with E-state index in [9.17, 15) is 0 Å². The molecule has 2 rings (SSSR count). The van der Waals surface area contributed by atoms with Crippen LogP contribution in [0.1, 0.15) is 22.2 Å². The van der Waals surface area contributed by atoms with Gasteiger partial charge >= 0.3 is 0 Å². The molecule has 0 spiro atoms. The zero-order chi connectivity index (χ0) is 10.8. The Balaban J connectivity index is 2.39. The van der Waals surface area contributed by atoms with Crippen molar-refractivity contribution in [2.75, 3.05) is 7.05 Å². The molecule has 0 bridgehead atoms. The Morgan fingerprint density at radius 2 is 2.33 bits per heavy atom. The molecule has 2 heterocycles. The van der Waals surface area contributed by atoms with Gasteiger partial charge in [0.1, 0.15) is 5.76 Å². The summed E-state index contributed by atoms with van der Waals surface area (Å²) in [6.07, 6.45) is 1.70. The number of rotatable bonds is 3. The first kappa shape index (κ1) is 10.9. The first-order valence-electron chi connectivity index (χ1n) is 4.69. The molecular formula is C11H12BrNOS. The quantitative estimate of drug-likeness (QED) is 0.930. The first-order chi connectivity index (χ1) is 7.22. The molecule has 0 radical (unpaired) electrons. The third-order valence-electron chi connectivity index (χ3n) is 2.35. The fourth-order valence-corrected chi connectivity index (χ4v) is 3.40. The molecule has 2 nitrogen and oxygen atoms in total. The Hall–Kier alpha value is -0.580. The summed E-state index contributed by atoms with van der Waals surface area (Å²) >= 11 is 5.25. The smallest absolute Gasteiger partial charge is 0.125 e. The molecular weight excluding hydrogens is 274 g/mol. The van der Waals surface area contributed by atoms with Crippen LogP contribution < -0.4 is 5.32 Å². The van der Waals surface area contributed by atoms with E-state index in [1.165, 1.54) is 10.4 Å². The third-order valence-corrected chi connectivity index (χ3v) is 3.92. The van der Waals surface area contributed by atoms with Crippen LogP contribution in [0, 0.1) is 6.92 Å². The molecule has 15 heavy (non-hydrogen) atoms. The largest absolute Gasteiger partial charge is 0.467 e. The normalized spacial score (nSPS) is 13.0. The average Bonchev–Trinajstić information content (AvgIpc) is 2.79. The molecule has 0 fully saturated rings. The second kappa shape index (κ2) is 4.51. The van der Waals surface area contributed by atoms with E-state index in [0.29, 0.717) is 0 Å². The van der Waals surface area contributed by atoms with E-state index in [1.54, 1.807) is 17.6 Å². The van der Waals surface area contributed by atoms with Gasteiger partial charge in [-0.1, -0.05) is 0 Å². The van der Waals surface area contributed by atoms with Gasteiger partial charge in [0.15, 0.2) is 0 Å². The van der Waals surface area contributed by atoms with Crippen molar-refractivity contribution in [2.24, 2.45) is 0 Å². The van der Waals surface area contributed by atoms with Crippen LogP contribution in [0.5, 0.6) is 0 Å². The van der Waals surface area contributed by atoms with Crippen LogP contribution >= 0.6 is 27.3 Å². The van der Waals surface area contributed by atoms with Crippen LogP contribution in [0.25, 0.3) is 0 Å². The average molecular weight is 286 g/mol. The molecule has 0 aromatic carbocycles. The van der Waals surface area contributed by atoms with Gasteiger partial charge in [0, 0.05) is 4.88 Å². The fourth-order valence-electron chi connectivity index (χ4n) is 1.65. The van der Waals surface area contributed by atoms with Crippen molar-refractivity contribution in [3.8, 4) is 0 Å². The van der Waals surface area contributed by atoms with Crippen molar-refractivity contribution in [2.45, 2.75) is 13.0 Å². The molecule has 0 saturated heterocycles. The summed E-state index contributed by atoms with van der Waals surface area (Å²) in [6, 6.07) is 6.19. The number of furan rings is 1. The van der Waals surface area contributed by atoms with Crippen molar-refractivity contribution < 1.29 is 4.42 Å². The van der Waals surface area contributed by atoms with Crippen LogP contribution in [-0.4, -0.2) is 7.05 Å². The number of thiophene rings is 1. The molecule has 0 aliphatic carbocycles. The predicted molar refractivity (Wildman–Crippen MR) is 66.4 cm³/mol. The Morgan fingerprint density at radius 3 is 2.80 bits per heavy atom. The monoisotopic (exact) mass is 285 g/mol. The highest BCUT2D eigenvalue weighted by atomic mass is 79.9. The van der Waals surface area contributed by atoms with Crippen LogP contribution in [0.2, 0.25) is 0 Å². The van der Waals surface area contributed by atoms with E-state index in [0.717, 1.165) is 9.55 Å². The first-order valence-corrected chi connectivity index (χ1v) is 6.30. The Morgan fingerprint density at radius 1 is 1.53 bits per heavy atom. The minimum absolute atomic E-state index is 0.141. The lowest BCUT2D eigenvalue weighted by Crippen LogP contribution is -2.17. The maximum Gasteiger partial charge on any atom is 0.125 e. The number of nitrogens with one attached hydrogen (secondary N) is 1. The highest BCUT2D eigenvalue weighted by Gasteiger charge is 2.18. The number of aryl methyl sites for hydroxylation is 1. The van der Waals surface area contributed by atoms with E-state index in [4.69, 9.17) is 4.42 Å². The van der Waals surface area contributed by atoms with Gasteiger partial charge in [-0.05, 0) is 53.7 Å². The fraction of sp³-hybridized carbons (Fsp3) is 0.273. The highest BCUT2D eigenvalue weighted by Crippen LogP contribution is 2.33. The van der Waals surface area contributed by atoms with E-state index >= 15 is 0 Å². The van der Waals surface area contributed by atoms with Crippen LogP contribution in [-0.2, 0) is 0 Å². The lowest BCUT2D eigenvalue weighted by molar-refractivity contribution is 0.463. The summed E-state index contributed by atoms with van der Waals surface area (Å²) in [5.41, 5.74) is 1.27. The Bertz CT molecular complexity index is 435. The van der Waals surface area contributed by atoms with Gasteiger partial charge < -0.3 is 9.73 Å². The van der Waals surface area contributed by atoms with E-state index in [-0.39, 0.29) is 6.04 Å². The van der Waals surface area contributed by atoms with Crippen molar-refractivity contribution in [1.29, 1.82) is 0 Å². The lowest BCUT2D eigenvalue weighted by Gasteiger charge is -2.13. The van der Waals surface area contributed by atoms with Crippen molar-refractivity contribution >= 4 is 27.3 Å². The number of hydrogen-bond acceptors (Lipinski definition) is 3. The lowest BCUT2D eigenvalue weighted by atomic mass is 10.1. The third kappa shape index (κ3) is 2.17. The summed E-state index contributed by atoms with van der Waals surface area (Å²) in [5.74, 6) is 0.950. The summed E-state index contributed by atoms with van der Waals surface area (Å²) in [7, 11) is 1.94. The summed E-state index contributed by atoms with van der Waals surface area (Å²) in [6.45, 7) is 2.12. The van der Waals surface area contributed by atoms with Crippen molar-refractivity contribution in [3.63, 3.8) is 0 Å². The molecule has 0 aliphatic rings. The predicted octanol–water partition coefficient (Wildman–Crippen LogP) is 3.72. The SMILES string of the molecule is CNC(c1ccco1)c1cc(Br)sc1C. The number of halogens is 1. The molecule has 4 heteroatoms. The number of hydrogen-bond donors (Lipinski definition) is 1. The van der Waals surface area contributed by atoms with Gasteiger partial charge in [-0.25, -0.2) is 0 Å². The van der Waals surface area contributed by atoms with E-state index in [1.807, 2.05) is 19.2 Å². The van der Waals surface area contributed by atoms with Crippen LogP contribution in [0.4, 0.5) is 0 Å². The maximum atomic E-state index is 5.43. The summed E-state index contributed by atoms with van der Waals surface area (Å²) in [4.78, 5) is 1.30. The van der Waals surface area contributed by atoms with Gasteiger partial charge in [-0.3, -0.25) is 0 Å². The summed E-state index contributed by atoms with van der Waals surface area (Å²) < 4.78 is 6.59. The van der Waals surface area contributed by atoms with E-state index in [2.05, 4.69) is 34.2 Å². The highest BCUT2D eigenvalue weighted by molar-refractivity contribution is 9.11. The summed E-state index contributed by atoms with van der Waals surface area (Å²) in [5, 5.41) is 3.27. The zero-order valence-electron chi connectivity index (χ0n) is 8.58. The standard InChI is InChI=1S/C11H12BrNOS/c1-7-8(6-10(12)15-7)11(13-2)9-4-3-5-14-9/h3-6,11,13H,1-2H3. The van der Waals surface area contributed by atoms with Gasteiger partial charge in [-0.15, -0.1) is 11.3 Å². The maximum absolute atomic E-state index is 5.43. The van der Waals surface area contributed by atoms with Gasteiger partial charge in [-0.2, -0.15) is 0 Å². The van der Waals surface area contributed by atoms with Crippen LogP contribution in [0.3, 0.4) is 0 Å². The second-order valence-electron chi connectivity index (χ2n) is 3.30. The molecule has 0 amide bonds. The minimum Gasteiger partial charge on any atom is -0.467 e. The molecule has 1 unspecified atom stereocenters. The second-order valence-corrected chi connectivity index (χ2v) is 5.93. The topological polar surface area (TPSA) is 25.2 Å². The Kier molecular flexibility index (Phi) is 3.29.